The number of piperidine rings is 1. The van der Waals surface area contributed by atoms with Gasteiger partial charge in [0.05, 0.1) is 4.90 Å². The number of nitrogens with zero attached hydrogens (tertiary/aromatic N) is 1. The van der Waals surface area contributed by atoms with E-state index in [2.05, 4.69) is 4.83 Å². The summed E-state index contributed by atoms with van der Waals surface area (Å²) in [5.74, 6) is 0. The van der Waals surface area contributed by atoms with Gasteiger partial charge in [-0.2, -0.15) is 0 Å². The zero-order chi connectivity index (χ0) is 12.3. The Hall–Kier alpha value is -0.470. The van der Waals surface area contributed by atoms with Crippen LogP contribution in [0.4, 0.5) is 0 Å². The molecule has 1 fully saturated rings. The fourth-order valence-electron chi connectivity index (χ4n) is 1.82. The van der Waals surface area contributed by atoms with Gasteiger partial charge >= 0.3 is 0 Å². The van der Waals surface area contributed by atoms with Crippen molar-refractivity contribution in [3.63, 3.8) is 0 Å². The zero-order valence-electron chi connectivity index (χ0n) is 9.55. The summed E-state index contributed by atoms with van der Waals surface area (Å²) in [6, 6.07) is 1.64. The van der Waals surface area contributed by atoms with E-state index in [0.29, 0.717) is 11.4 Å². The molecule has 1 aromatic rings. The van der Waals surface area contributed by atoms with E-state index >= 15 is 0 Å². The Kier molecular flexibility index (Phi) is 4.16. The van der Waals surface area contributed by atoms with E-state index in [9.17, 15) is 8.42 Å². The monoisotopic (exact) mass is 275 g/mol. The highest BCUT2D eigenvalue weighted by Crippen LogP contribution is 2.19. The number of hydrogen-bond acceptors (Lipinski definition) is 5. The predicted octanol–water partition coefficient (Wildman–Crippen LogP) is 0.886. The van der Waals surface area contributed by atoms with Gasteiger partial charge in [0.25, 0.3) is 10.0 Å². The van der Waals surface area contributed by atoms with Crippen LogP contribution in [0.15, 0.2) is 16.3 Å². The minimum Gasteiger partial charge on any atom is -0.326 e. The van der Waals surface area contributed by atoms with Gasteiger partial charge in [-0.15, -0.1) is 16.2 Å². The van der Waals surface area contributed by atoms with Crippen molar-refractivity contribution in [2.75, 3.05) is 13.1 Å². The van der Waals surface area contributed by atoms with E-state index in [-0.39, 0.29) is 0 Å². The molecular formula is C10H17N3O2S2. The smallest absolute Gasteiger partial charge is 0.254 e. The van der Waals surface area contributed by atoms with Gasteiger partial charge in [0.15, 0.2) is 0 Å². The predicted molar refractivity (Wildman–Crippen MR) is 68.0 cm³/mol. The van der Waals surface area contributed by atoms with Crippen LogP contribution in [0.1, 0.15) is 24.1 Å². The summed E-state index contributed by atoms with van der Waals surface area (Å²) >= 11 is 1.38. The Morgan fingerprint density at radius 3 is 2.65 bits per heavy atom. The van der Waals surface area contributed by atoms with Gasteiger partial charge in [-0.3, -0.25) is 0 Å². The van der Waals surface area contributed by atoms with Crippen LogP contribution in [-0.4, -0.2) is 26.5 Å². The minimum absolute atomic E-state index is 0.313. The summed E-state index contributed by atoms with van der Waals surface area (Å²) in [6.07, 6.45) is 3.26. The molecule has 0 aliphatic carbocycles. The Labute approximate surface area is 106 Å². The number of hydrogen-bond donors (Lipinski definition) is 2. The van der Waals surface area contributed by atoms with E-state index in [0.717, 1.165) is 30.8 Å². The summed E-state index contributed by atoms with van der Waals surface area (Å²) < 4.78 is 24.1. The molecule has 0 aromatic carbocycles. The number of nitrogens with two attached hydrogens (primary N) is 1. The molecule has 0 amide bonds. The van der Waals surface area contributed by atoms with E-state index in [1.807, 2.05) is 0 Å². The first-order valence-corrected chi connectivity index (χ1v) is 8.03. The Morgan fingerprint density at radius 2 is 2.06 bits per heavy atom. The Bertz CT molecular complexity index is 464. The van der Waals surface area contributed by atoms with Gasteiger partial charge in [-0.1, -0.05) is 6.42 Å². The van der Waals surface area contributed by atoms with Gasteiger partial charge in [0.2, 0.25) is 0 Å². The highest BCUT2D eigenvalue weighted by Gasteiger charge is 2.20. The quantitative estimate of drug-likeness (QED) is 0.855. The maximum absolute atomic E-state index is 12.0. The number of hydrazine groups is 1. The summed E-state index contributed by atoms with van der Waals surface area (Å²) in [5, 5.41) is 3.41. The Balaban J connectivity index is 2.07. The molecule has 0 radical (unpaired) electrons. The van der Waals surface area contributed by atoms with E-state index in [1.54, 1.807) is 16.5 Å². The topological polar surface area (TPSA) is 75.4 Å². The standard InChI is InChI=1S/C10H17N3O2S2/c11-7-9-6-10(8-16-9)17(14,15)12-13-4-2-1-3-5-13/h6,8,12H,1-5,7,11H2. The second kappa shape index (κ2) is 5.45. The third kappa shape index (κ3) is 3.26. The third-order valence-electron chi connectivity index (χ3n) is 2.75. The van der Waals surface area contributed by atoms with Crippen molar-refractivity contribution >= 4 is 21.4 Å². The average Bonchev–Trinajstić information content (AvgIpc) is 2.79. The number of rotatable bonds is 4. The minimum atomic E-state index is -3.42. The van der Waals surface area contributed by atoms with Crippen molar-refractivity contribution < 1.29 is 8.42 Å². The zero-order valence-corrected chi connectivity index (χ0v) is 11.2. The van der Waals surface area contributed by atoms with Crippen molar-refractivity contribution in [1.82, 2.24) is 9.84 Å². The molecule has 2 rings (SSSR count). The van der Waals surface area contributed by atoms with Crippen LogP contribution in [0, 0.1) is 0 Å². The van der Waals surface area contributed by atoms with Crippen LogP contribution in [0.25, 0.3) is 0 Å². The normalized spacial score (nSPS) is 18.4. The second-order valence-corrected chi connectivity index (χ2v) is 6.75. The summed E-state index contributed by atoms with van der Waals surface area (Å²) in [4.78, 5) is 3.81. The first-order valence-electron chi connectivity index (χ1n) is 5.67. The molecule has 2 heterocycles. The lowest BCUT2D eigenvalue weighted by atomic mass is 10.2. The van der Waals surface area contributed by atoms with Crippen LogP contribution < -0.4 is 10.6 Å². The molecule has 96 valence electrons. The number of thiophene rings is 1. The van der Waals surface area contributed by atoms with Gasteiger partial charge in [-0.05, 0) is 18.9 Å². The molecule has 5 nitrogen and oxygen atoms in total. The van der Waals surface area contributed by atoms with Crippen LogP contribution in [0.5, 0.6) is 0 Å². The maximum atomic E-state index is 12.0. The SMILES string of the molecule is NCc1cc(S(=O)(=O)NN2CCCCC2)cs1. The Morgan fingerprint density at radius 1 is 1.35 bits per heavy atom. The molecule has 0 bridgehead atoms. The van der Waals surface area contributed by atoms with Crippen molar-refractivity contribution in [2.45, 2.75) is 30.7 Å². The van der Waals surface area contributed by atoms with E-state index in [4.69, 9.17) is 5.73 Å². The fraction of sp³-hybridized carbons (Fsp3) is 0.600. The molecule has 1 aliphatic heterocycles. The number of nitrogens with one attached hydrogen (secondary N) is 1. The van der Waals surface area contributed by atoms with Crippen molar-refractivity contribution in [3.8, 4) is 0 Å². The van der Waals surface area contributed by atoms with Crippen molar-refractivity contribution in [1.29, 1.82) is 0 Å². The van der Waals surface area contributed by atoms with Crippen molar-refractivity contribution in [2.24, 2.45) is 5.73 Å². The van der Waals surface area contributed by atoms with Crippen LogP contribution in [-0.2, 0) is 16.6 Å². The van der Waals surface area contributed by atoms with Crippen LogP contribution in [0.2, 0.25) is 0 Å². The molecule has 1 saturated heterocycles. The highest BCUT2D eigenvalue weighted by atomic mass is 32.2. The van der Waals surface area contributed by atoms with Gasteiger partial charge in [-0.25, -0.2) is 13.4 Å². The van der Waals surface area contributed by atoms with Gasteiger partial charge in [0, 0.05) is 29.9 Å². The first kappa shape index (κ1) is 13.0. The molecule has 1 aromatic heterocycles. The third-order valence-corrected chi connectivity index (χ3v) is 5.21. The molecule has 0 saturated carbocycles. The lowest BCUT2D eigenvalue weighted by Gasteiger charge is -2.26. The molecule has 3 N–H and O–H groups in total. The average molecular weight is 275 g/mol. The second-order valence-electron chi connectivity index (χ2n) is 4.10. The molecule has 7 heteroatoms. The summed E-state index contributed by atoms with van der Waals surface area (Å²) in [5.41, 5.74) is 5.48. The molecule has 0 atom stereocenters. The lowest BCUT2D eigenvalue weighted by molar-refractivity contribution is 0.200. The maximum Gasteiger partial charge on any atom is 0.254 e. The molecule has 1 aliphatic rings. The van der Waals surface area contributed by atoms with E-state index < -0.39 is 10.0 Å². The highest BCUT2D eigenvalue weighted by molar-refractivity contribution is 7.89. The van der Waals surface area contributed by atoms with Gasteiger partial charge < -0.3 is 5.73 Å². The summed E-state index contributed by atoms with van der Waals surface area (Å²) in [6.45, 7) is 1.95. The van der Waals surface area contributed by atoms with Crippen LogP contribution in [0.3, 0.4) is 0 Å². The molecular weight excluding hydrogens is 258 g/mol. The van der Waals surface area contributed by atoms with E-state index in [1.165, 1.54) is 17.8 Å². The molecule has 0 spiro atoms. The van der Waals surface area contributed by atoms with Crippen LogP contribution >= 0.6 is 11.3 Å². The molecule has 0 unspecified atom stereocenters. The fourth-order valence-corrected chi connectivity index (χ4v) is 4.09. The largest absolute Gasteiger partial charge is 0.326 e. The summed E-state index contributed by atoms with van der Waals surface area (Å²) in [7, 11) is -3.42. The van der Waals surface area contributed by atoms with Gasteiger partial charge in [0.1, 0.15) is 0 Å². The van der Waals surface area contributed by atoms with Crippen molar-refractivity contribution in [3.05, 3.63) is 16.3 Å². The number of sulfonamides is 1. The first-order chi connectivity index (χ1) is 8.12. The lowest BCUT2D eigenvalue weighted by Crippen LogP contribution is -2.44. The molecule has 17 heavy (non-hydrogen) atoms.